The number of piperidine rings is 1. The van der Waals surface area contributed by atoms with Gasteiger partial charge in [-0.1, -0.05) is 30.7 Å². The molecule has 0 unspecified atom stereocenters. The Morgan fingerprint density at radius 1 is 1.27 bits per heavy atom. The molecular formula is C17H20N2O2S. The van der Waals surface area contributed by atoms with Crippen LogP contribution in [0.25, 0.3) is 11.3 Å². The second-order valence-corrected chi connectivity index (χ2v) is 6.83. The molecule has 0 aliphatic carbocycles. The molecular weight excluding hydrogens is 296 g/mol. The van der Waals surface area contributed by atoms with E-state index in [4.69, 9.17) is 0 Å². The first kappa shape index (κ1) is 15.2. The number of rotatable bonds is 4. The maximum Gasteiger partial charge on any atom is 0.348 e. The molecule has 2 aromatic rings. The van der Waals surface area contributed by atoms with Crippen molar-refractivity contribution >= 4 is 17.3 Å². The van der Waals surface area contributed by atoms with Crippen LogP contribution in [0.1, 0.15) is 39.5 Å². The summed E-state index contributed by atoms with van der Waals surface area (Å²) in [5.74, 6) is -0.888. The molecule has 0 atom stereocenters. The topological polar surface area (TPSA) is 53.4 Å². The smallest absolute Gasteiger partial charge is 0.348 e. The Hall–Kier alpha value is -1.72. The Kier molecular flexibility index (Phi) is 4.55. The van der Waals surface area contributed by atoms with Gasteiger partial charge in [0.05, 0.1) is 12.2 Å². The van der Waals surface area contributed by atoms with Crippen LogP contribution < -0.4 is 0 Å². The van der Waals surface area contributed by atoms with Crippen molar-refractivity contribution in [3.63, 3.8) is 0 Å². The second-order valence-electron chi connectivity index (χ2n) is 5.74. The minimum Gasteiger partial charge on any atom is -0.477 e. The lowest BCUT2D eigenvalue weighted by molar-refractivity contribution is 0.0702. The van der Waals surface area contributed by atoms with Gasteiger partial charge in [0, 0.05) is 5.56 Å². The average molecular weight is 316 g/mol. The third kappa shape index (κ3) is 3.20. The molecule has 116 valence electrons. The number of aryl methyl sites for hydroxylation is 1. The van der Waals surface area contributed by atoms with Gasteiger partial charge in [0.2, 0.25) is 0 Å². The number of likely N-dealkylation sites (tertiary alicyclic amines) is 1. The lowest BCUT2D eigenvalue weighted by Gasteiger charge is -2.25. The number of carboxylic acid groups (broad SMARTS) is 1. The van der Waals surface area contributed by atoms with Crippen LogP contribution >= 0.6 is 11.3 Å². The summed E-state index contributed by atoms with van der Waals surface area (Å²) in [5, 5.41) is 10.4. The summed E-state index contributed by atoms with van der Waals surface area (Å²) in [6.07, 6.45) is 3.74. The standard InChI is InChI=1S/C17H20N2O2S/c1-12-7-3-4-8-13(12)15-16(17(20)21)22-14(18-15)11-19-9-5-2-6-10-19/h3-4,7-8H,2,5-6,9-11H2,1H3,(H,20,21). The Labute approximate surface area is 134 Å². The molecule has 1 aromatic heterocycles. The molecule has 4 nitrogen and oxygen atoms in total. The Balaban J connectivity index is 1.92. The van der Waals surface area contributed by atoms with Crippen molar-refractivity contribution in [2.45, 2.75) is 32.7 Å². The fraction of sp³-hybridized carbons (Fsp3) is 0.412. The minimum atomic E-state index is -0.888. The number of hydrogen-bond acceptors (Lipinski definition) is 4. The quantitative estimate of drug-likeness (QED) is 0.932. The van der Waals surface area contributed by atoms with Gasteiger partial charge in [0.15, 0.2) is 0 Å². The highest BCUT2D eigenvalue weighted by Gasteiger charge is 2.21. The lowest BCUT2D eigenvalue weighted by Crippen LogP contribution is -2.28. The molecule has 0 bridgehead atoms. The molecule has 22 heavy (non-hydrogen) atoms. The lowest BCUT2D eigenvalue weighted by atomic mass is 10.1. The van der Waals surface area contributed by atoms with Crippen molar-refractivity contribution in [1.82, 2.24) is 9.88 Å². The van der Waals surface area contributed by atoms with Crippen LogP contribution in [0.3, 0.4) is 0 Å². The zero-order chi connectivity index (χ0) is 15.5. The minimum absolute atomic E-state index is 0.348. The summed E-state index contributed by atoms with van der Waals surface area (Å²) in [5.41, 5.74) is 2.59. The highest BCUT2D eigenvalue weighted by Crippen LogP contribution is 2.31. The van der Waals surface area contributed by atoms with E-state index in [0.29, 0.717) is 10.6 Å². The first-order valence-electron chi connectivity index (χ1n) is 7.66. The largest absolute Gasteiger partial charge is 0.477 e. The first-order chi connectivity index (χ1) is 10.6. The molecule has 0 amide bonds. The van der Waals surface area contributed by atoms with E-state index < -0.39 is 5.97 Å². The zero-order valence-electron chi connectivity index (χ0n) is 12.7. The molecule has 0 saturated carbocycles. The number of hydrogen-bond donors (Lipinski definition) is 1. The third-order valence-electron chi connectivity index (χ3n) is 4.07. The van der Waals surface area contributed by atoms with E-state index in [-0.39, 0.29) is 0 Å². The van der Waals surface area contributed by atoms with Gasteiger partial charge in [-0.2, -0.15) is 0 Å². The number of carboxylic acids is 1. The fourth-order valence-corrected chi connectivity index (χ4v) is 3.87. The molecule has 1 saturated heterocycles. The van der Waals surface area contributed by atoms with Gasteiger partial charge in [-0.25, -0.2) is 9.78 Å². The highest BCUT2D eigenvalue weighted by atomic mass is 32.1. The van der Waals surface area contributed by atoms with Crippen molar-refractivity contribution in [1.29, 1.82) is 0 Å². The Bertz CT molecular complexity index is 675. The van der Waals surface area contributed by atoms with Gasteiger partial charge in [-0.05, 0) is 38.4 Å². The van der Waals surface area contributed by atoms with Crippen molar-refractivity contribution < 1.29 is 9.90 Å². The molecule has 3 rings (SSSR count). The summed E-state index contributed by atoms with van der Waals surface area (Å²) < 4.78 is 0. The van der Waals surface area contributed by atoms with Gasteiger partial charge >= 0.3 is 5.97 Å². The molecule has 1 fully saturated rings. The van der Waals surface area contributed by atoms with E-state index in [1.807, 2.05) is 31.2 Å². The van der Waals surface area contributed by atoms with Gasteiger partial charge in [-0.15, -0.1) is 11.3 Å². The van der Waals surface area contributed by atoms with Crippen LogP contribution in [-0.2, 0) is 6.54 Å². The average Bonchev–Trinajstić information content (AvgIpc) is 2.92. The number of nitrogens with zero attached hydrogens (tertiary/aromatic N) is 2. The van der Waals surface area contributed by atoms with E-state index in [0.717, 1.165) is 35.8 Å². The van der Waals surface area contributed by atoms with Gasteiger partial charge in [-0.3, -0.25) is 4.90 Å². The maximum absolute atomic E-state index is 11.6. The summed E-state index contributed by atoms with van der Waals surface area (Å²) in [6.45, 7) is 4.92. The van der Waals surface area contributed by atoms with E-state index in [9.17, 15) is 9.90 Å². The predicted molar refractivity (Wildman–Crippen MR) is 88.4 cm³/mol. The van der Waals surface area contributed by atoms with Gasteiger partial charge < -0.3 is 5.11 Å². The van der Waals surface area contributed by atoms with Crippen LogP contribution in [-0.4, -0.2) is 34.0 Å². The maximum atomic E-state index is 11.6. The number of carbonyl (C=O) groups is 1. The molecule has 1 aromatic carbocycles. The van der Waals surface area contributed by atoms with E-state index in [2.05, 4.69) is 9.88 Å². The van der Waals surface area contributed by atoms with Crippen LogP contribution in [0.5, 0.6) is 0 Å². The van der Waals surface area contributed by atoms with Crippen molar-refractivity contribution in [3.05, 3.63) is 39.7 Å². The summed E-state index contributed by atoms with van der Waals surface area (Å²) in [7, 11) is 0. The van der Waals surface area contributed by atoms with E-state index >= 15 is 0 Å². The molecule has 5 heteroatoms. The third-order valence-corrected chi connectivity index (χ3v) is 5.10. The molecule has 1 aliphatic rings. The number of thiazole rings is 1. The molecule has 0 radical (unpaired) electrons. The molecule has 2 heterocycles. The second kappa shape index (κ2) is 6.58. The Morgan fingerprint density at radius 3 is 2.68 bits per heavy atom. The fourth-order valence-electron chi connectivity index (χ4n) is 2.91. The normalized spacial score (nSPS) is 15.9. The van der Waals surface area contributed by atoms with Gasteiger partial charge in [0.25, 0.3) is 0 Å². The van der Waals surface area contributed by atoms with E-state index in [1.165, 1.54) is 30.6 Å². The molecule has 0 spiro atoms. The summed E-state index contributed by atoms with van der Waals surface area (Å²) >= 11 is 1.31. The summed E-state index contributed by atoms with van der Waals surface area (Å²) in [4.78, 5) is 18.9. The monoisotopic (exact) mass is 316 g/mol. The van der Waals surface area contributed by atoms with Gasteiger partial charge in [0.1, 0.15) is 9.88 Å². The summed E-state index contributed by atoms with van der Waals surface area (Å²) in [6, 6.07) is 7.82. The van der Waals surface area contributed by atoms with Crippen molar-refractivity contribution in [3.8, 4) is 11.3 Å². The van der Waals surface area contributed by atoms with E-state index in [1.54, 1.807) is 0 Å². The number of aromatic carboxylic acids is 1. The number of benzene rings is 1. The van der Waals surface area contributed by atoms with Crippen LogP contribution in [0.4, 0.5) is 0 Å². The van der Waals surface area contributed by atoms with Crippen LogP contribution in [0.2, 0.25) is 0 Å². The zero-order valence-corrected chi connectivity index (χ0v) is 13.5. The number of aromatic nitrogens is 1. The molecule has 1 aliphatic heterocycles. The molecule has 1 N–H and O–H groups in total. The first-order valence-corrected chi connectivity index (χ1v) is 8.48. The van der Waals surface area contributed by atoms with Crippen LogP contribution in [0, 0.1) is 6.92 Å². The van der Waals surface area contributed by atoms with Crippen LogP contribution in [0.15, 0.2) is 24.3 Å². The van der Waals surface area contributed by atoms with Crippen molar-refractivity contribution in [2.24, 2.45) is 0 Å². The van der Waals surface area contributed by atoms with Crippen molar-refractivity contribution in [2.75, 3.05) is 13.1 Å². The SMILES string of the molecule is Cc1ccccc1-c1nc(CN2CCCCC2)sc1C(=O)O. The predicted octanol–water partition coefficient (Wildman–Crippen LogP) is 3.80. The highest BCUT2D eigenvalue weighted by molar-refractivity contribution is 7.14. The Morgan fingerprint density at radius 2 is 2.00 bits per heavy atom.